The Bertz CT molecular complexity index is 1190. The molecule has 0 atom stereocenters. The molecule has 33 heavy (non-hydrogen) atoms. The van der Waals surface area contributed by atoms with E-state index in [1.807, 2.05) is 20.8 Å². The van der Waals surface area contributed by atoms with Crippen LogP contribution in [0.15, 0.2) is 30.3 Å². The van der Waals surface area contributed by atoms with Crippen molar-refractivity contribution in [2.45, 2.75) is 45.3 Å². The van der Waals surface area contributed by atoms with E-state index in [-0.39, 0.29) is 29.6 Å². The molecule has 0 aliphatic carbocycles. The fraction of sp³-hybridized carbons (Fsp3) is 0.391. The summed E-state index contributed by atoms with van der Waals surface area (Å²) in [6.45, 7) is 6.69. The summed E-state index contributed by atoms with van der Waals surface area (Å²) in [4.78, 5) is 27.3. The lowest BCUT2D eigenvalue weighted by Gasteiger charge is -2.34. The summed E-state index contributed by atoms with van der Waals surface area (Å²) >= 11 is 0. The van der Waals surface area contributed by atoms with Crippen molar-refractivity contribution in [1.82, 2.24) is 19.9 Å². The van der Waals surface area contributed by atoms with E-state index < -0.39 is 5.60 Å². The molecule has 3 heterocycles. The average molecular weight is 453 g/mol. The number of pyridine rings is 1. The van der Waals surface area contributed by atoms with E-state index >= 15 is 0 Å². The van der Waals surface area contributed by atoms with Crippen LogP contribution >= 0.6 is 0 Å². The highest BCUT2D eigenvalue weighted by Gasteiger charge is 2.27. The van der Waals surface area contributed by atoms with Crippen molar-refractivity contribution < 1.29 is 19.7 Å². The van der Waals surface area contributed by atoms with Crippen LogP contribution in [0.5, 0.6) is 11.5 Å². The summed E-state index contributed by atoms with van der Waals surface area (Å²) in [6, 6.07) is 8.15. The van der Waals surface area contributed by atoms with Gasteiger partial charge in [0.25, 0.3) is 0 Å². The van der Waals surface area contributed by atoms with Gasteiger partial charge in [-0.3, -0.25) is 0 Å². The van der Waals surface area contributed by atoms with E-state index in [1.165, 1.54) is 12.1 Å². The number of piperidine rings is 1. The van der Waals surface area contributed by atoms with Crippen LogP contribution in [-0.4, -0.2) is 60.9 Å². The molecule has 0 spiro atoms. The maximum Gasteiger partial charge on any atom is 0.410 e. The van der Waals surface area contributed by atoms with E-state index in [0.717, 1.165) is 12.8 Å². The van der Waals surface area contributed by atoms with E-state index in [9.17, 15) is 15.0 Å². The number of aromatic nitrogens is 3. The van der Waals surface area contributed by atoms with Crippen LogP contribution in [0.1, 0.15) is 33.6 Å². The molecule has 4 rings (SSSR count). The van der Waals surface area contributed by atoms with Gasteiger partial charge >= 0.3 is 6.09 Å². The number of carbonyl (C=O) groups is 1. The Morgan fingerprint density at radius 3 is 2.48 bits per heavy atom. The van der Waals surface area contributed by atoms with Crippen LogP contribution in [0, 0.1) is 0 Å². The number of hydrogen-bond acceptors (Lipinski definition) is 9. The molecule has 1 aliphatic heterocycles. The van der Waals surface area contributed by atoms with Gasteiger partial charge < -0.3 is 30.9 Å². The van der Waals surface area contributed by atoms with Crippen molar-refractivity contribution in [1.29, 1.82) is 0 Å². The predicted octanol–water partition coefficient (Wildman–Crippen LogP) is 3.50. The molecule has 10 nitrogen and oxygen atoms in total. The van der Waals surface area contributed by atoms with Gasteiger partial charge in [-0.25, -0.2) is 14.8 Å². The van der Waals surface area contributed by atoms with Crippen LogP contribution in [-0.2, 0) is 4.74 Å². The van der Waals surface area contributed by atoms with Crippen LogP contribution in [0.25, 0.3) is 22.3 Å². The largest absolute Gasteiger partial charge is 0.504 e. The minimum Gasteiger partial charge on any atom is -0.504 e. The van der Waals surface area contributed by atoms with Gasteiger partial charge in [0.15, 0.2) is 17.3 Å². The number of anilines is 2. The number of nitrogen functional groups attached to an aromatic ring is 1. The summed E-state index contributed by atoms with van der Waals surface area (Å²) in [5.74, 6) is 0.222. The van der Waals surface area contributed by atoms with Crippen molar-refractivity contribution in [2.75, 3.05) is 24.1 Å². The van der Waals surface area contributed by atoms with E-state index in [1.54, 1.807) is 23.1 Å². The second-order valence-corrected chi connectivity index (χ2v) is 9.08. The molecule has 0 radical (unpaired) electrons. The number of nitrogens with zero attached hydrogens (tertiary/aromatic N) is 4. The smallest absolute Gasteiger partial charge is 0.410 e. The quantitative estimate of drug-likeness (QED) is 0.438. The highest BCUT2D eigenvalue weighted by atomic mass is 16.6. The van der Waals surface area contributed by atoms with Crippen LogP contribution in [0.2, 0.25) is 0 Å². The number of benzene rings is 1. The number of phenolic OH excluding ortho intramolecular Hbond substituents is 2. The Hall–Kier alpha value is -3.82. The predicted molar refractivity (Wildman–Crippen MR) is 125 cm³/mol. The van der Waals surface area contributed by atoms with Gasteiger partial charge in [-0.05, 0) is 63.9 Å². The fourth-order valence-corrected chi connectivity index (χ4v) is 3.70. The molecule has 10 heteroatoms. The second-order valence-electron chi connectivity index (χ2n) is 9.08. The number of ether oxygens (including phenoxy) is 1. The number of nitrogens with two attached hydrogens (primary N) is 1. The standard InChI is InChI=1S/C23H28N6O4/c1-23(2,3)33-22(32)29-10-8-14(9-11-29)25-20-19-16(27-21(24)28-20)6-5-15(26-19)13-4-7-17(30)18(31)12-13/h4-7,12,14,30-31H,8-11H2,1-3H3,(H3,24,25,27,28). The summed E-state index contributed by atoms with van der Waals surface area (Å²) in [5.41, 5.74) is 7.75. The summed E-state index contributed by atoms with van der Waals surface area (Å²) in [5, 5.41) is 22.8. The Balaban J connectivity index is 1.54. The van der Waals surface area contributed by atoms with E-state index in [4.69, 9.17) is 10.5 Å². The minimum absolute atomic E-state index is 0.0735. The number of carbonyl (C=O) groups excluding carboxylic acids is 1. The number of rotatable bonds is 3. The zero-order valence-electron chi connectivity index (χ0n) is 18.9. The lowest BCUT2D eigenvalue weighted by atomic mass is 10.1. The Morgan fingerprint density at radius 1 is 1.09 bits per heavy atom. The molecule has 0 bridgehead atoms. The zero-order valence-corrected chi connectivity index (χ0v) is 18.9. The highest BCUT2D eigenvalue weighted by molar-refractivity contribution is 5.88. The van der Waals surface area contributed by atoms with Gasteiger partial charge in [0, 0.05) is 24.7 Å². The molecule has 1 amide bonds. The second kappa shape index (κ2) is 8.61. The lowest BCUT2D eigenvalue weighted by Crippen LogP contribution is -2.44. The van der Waals surface area contributed by atoms with Crippen LogP contribution in [0.4, 0.5) is 16.6 Å². The molecular weight excluding hydrogens is 424 g/mol. The average Bonchev–Trinajstić information content (AvgIpc) is 2.74. The molecule has 1 aliphatic rings. The Kier molecular flexibility index (Phi) is 5.84. The van der Waals surface area contributed by atoms with E-state index in [0.29, 0.717) is 41.2 Å². The maximum atomic E-state index is 12.3. The molecule has 1 aromatic carbocycles. The first-order valence-corrected chi connectivity index (χ1v) is 10.8. The molecule has 5 N–H and O–H groups in total. The summed E-state index contributed by atoms with van der Waals surface area (Å²) in [6.07, 6.45) is 1.13. The van der Waals surface area contributed by atoms with Crippen molar-refractivity contribution in [3.63, 3.8) is 0 Å². The number of amides is 1. The third-order valence-corrected chi connectivity index (χ3v) is 5.32. The molecule has 1 saturated heterocycles. The molecule has 0 unspecified atom stereocenters. The number of aromatic hydroxyl groups is 2. The summed E-state index contributed by atoms with van der Waals surface area (Å²) < 4.78 is 5.46. The topological polar surface area (TPSA) is 147 Å². The van der Waals surface area contributed by atoms with Gasteiger partial charge in [-0.2, -0.15) is 4.98 Å². The zero-order chi connectivity index (χ0) is 23.8. The van der Waals surface area contributed by atoms with Gasteiger partial charge in [0.1, 0.15) is 11.1 Å². The number of likely N-dealkylation sites (tertiary alicyclic amines) is 1. The maximum absolute atomic E-state index is 12.3. The third kappa shape index (κ3) is 5.16. The van der Waals surface area contributed by atoms with Crippen LogP contribution < -0.4 is 11.1 Å². The minimum atomic E-state index is -0.527. The van der Waals surface area contributed by atoms with Gasteiger partial charge in [0.2, 0.25) is 5.95 Å². The fourth-order valence-electron chi connectivity index (χ4n) is 3.70. The molecule has 2 aromatic heterocycles. The number of nitrogens with one attached hydrogen (secondary N) is 1. The van der Waals surface area contributed by atoms with Crippen molar-refractivity contribution in [3.8, 4) is 22.8 Å². The molecule has 0 saturated carbocycles. The Morgan fingerprint density at radius 2 is 1.82 bits per heavy atom. The van der Waals surface area contributed by atoms with Crippen molar-refractivity contribution in [3.05, 3.63) is 30.3 Å². The summed E-state index contributed by atoms with van der Waals surface area (Å²) in [7, 11) is 0. The number of hydrogen-bond donors (Lipinski definition) is 4. The number of fused-ring (bicyclic) bond motifs is 1. The van der Waals surface area contributed by atoms with Gasteiger partial charge in [-0.1, -0.05) is 0 Å². The molecule has 3 aromatic rings. The van der Waals surface area contributed by atoms with E-state index in [2.05, 4.69) is 20.3 Å². The normalized spacial score (nSPS) is 14.9. The van der Waals surface area contributed by atoms with Gasteiger partial charge in [0.05, 0.1) is 11.2 Å². The van der Waals surface area contributed by atoms with Crippen molar-refractivity contribution >= 4 is 28.9 Å². The molecule has 1 fully saturated rings. The lowest BCUT2D eigenvalue weighted by molar-refractivity contribution is 0.0210. The monoisotopic (exact) mass is 452 g/mol. The molecule has 174 valence electrons. The SMILES string of the molecule is CC(C)(C)OC(=O)N1CCC(Nc2nc(N)nc3ccc(-c4ccc(O)c(O)c4)nc23)CC1. The van der Waals surface area contributed by atoms with Gasteiger partial charge in [-0.15, -0.1) is 0 Å². The molecular formula is C23H28N6O4. The van der Waals surface area contributed by atoms with Crippen LogP contribution in [0.3, 0.4) is 0 Å². The van der Waals surface area contributed by atoms with Crippen molar-refractivity contribution in [2.24, 2.45) is 0 Å². The number of phenols is 2. The Labute approximate surface area is 191 Å². The first-order chi connectivity index (χ1) is 15.6. The first kappa shape index (κ1) is 22.4. The highest BCUT2D eigenvalue weighted by Crippen LogP contribution is 2.31. The first-order valence-electron chi connectivity index (χ1n) is 10.8. The third-order valence-electron chi connectivity index (χ3n) is 5.32.